The van der Waals surface area contributed by atoms with Crippen LogP contribution in [0.25, 0.3) is 10.9 Å². The highest BCUT2D eigenvalue weighted by Gasteiger charge is 2.05. The topological polar surface area (TPSA) is 34.9 Å². The molecular formula is C15H10BrIN2O. The van der Waals surface area contributed by atoms with Gasteiger partial charge in [-0.3, -0.25) is 9.36 Å². The molecule has 2 aromatic carbocycles. The standard InChI is InChI=1S/C15H10BrIN2O/c16-11-3-1-2-10(6-11)8-19-9-18-14-5-4-12(17)7-13(14)15(19)20/h1-7,9H,8H2. The number of halogens is 2. The molecule has 0 aliphatic heterocycles. The van der Waals surface area contributed by atoms with Gasteiger partial charge in [0.2, 0.25) is 0 Å². The van der Waals surface area contributed by atoms with Crippen LogP contribution in [0.15, 0.2) is 58.1 Å². The minimum atomic E-state index is -0.00603. The van der Waals surface area contributed by atoms with Gasteiger partial charge in [-0.25, -0.2) is 4.98 Å². The van der Waals surface area contributed by atoms with Crippen LogP contribution in [-0.2, 0) is 6.54 Å². The Kier molecular flexibility index (Phi) is 3.89. The molecule has 20 heavy (non-hydrogen) atoms. The van der Waals surface area contributed by atoms with E-state index < -0.39 is 0 Å². The second kappa shape index (κ2) is 5.65. The van der Waals surface area contributed by atoms with Gasteiger partial charge in [0.15, 0.2) is 0 Å². The molecule has 1 aromatic heterocycles. The van der Waals surface area contributed by atoms with Crippen LogP contribution < -0.4 is 5.56 Å². The van der Waals surface area contributed by atoms with Crippen molar-refractivity contribution in [3.63, 3.8) is 0 Å². The van der Waals surface area contributed by atoms with Crippen LogP contribution >= 0.6 is 38.5 Å². The van der Waals surface area contributed by atoms with Crippen molar-refractivity contribution < 1.29 is 0 Å². The number of hydrogen-bond donors (Lipinski definition) is 0. The molecule has 0 amide bonds. The average molecular weight is 441 g/mol. The lowest BCUT2D eigenvalue weighted by Gasteiger charge is -2.07. The SMILES string of the molecule is O=c1c2cc(I)ccc2ncn1Cc1cccc(Br)c1. The second-order valence-corrected chi connectivity index (χ2v) is 6.63. The van der Waals surface area contributed by atoms with Gasteiger partial charge < -0.3 is 0 Å². The number of nitrogens with zero attached hydrogens (tertiary/aromatic N) is 2. The monoisotopic (exact) mass is 440 g/mol. The summed E-state index contributed by atoms with van der Waals surface area (Å²) < 4.78 is 3.68. The number of aromatic nitrogens is 2. The highest BCUT2D eigenvalue weighted by Crippen LogP contribution is 2.14. The third-order valence-corrected chi connectivity index (χ3v) is 4.19. The molecule has 5 heteroatoms. The minimum absolute atomic E-state index is 0.00603. The van der Waals surface area contributed by atoms with E-state index >= 15 is 0 Å². The summed E-state index contributed by atoms with van der Waals surface area (Å²) in [5, 5.41) is 0.661. The fourth-order valence-electron chi connectivity index (χ4n) is 2.08. The van der Waals surface area contributed by atoms with E-state index in [0.717, 1.165) is 19.1 Å². The van der Waals surface area contributed by atoms with E-state index in [4.69, 9.17) is 0 Å². The molecule has 3 aromatic rings. The third-order valence-electron chi connectivity index (χ3n) is 3.03. The third kappa shape index (κ3) is 2.78. The van der Waals surface area contributed by atoms with Gasteiger partial charge in [-0.05, 0) is 58.5 Å². The zero-order valence-electron chi connectivity index (χ0n) is 10.4. The van der Waals surface area contributed by atoms with Gasteiger partial charge >= 0.3 is 0 Å². The van der Waals surface area contributed by atoms with E-state index in [1.165, 1.54) is 0 Å². The highest BCUT2D eigenvalue weighted by atomic mass is 127. The Balaban J connectivity index is 2.08. The molecule has 0 fully saturated rings. The van der Waals surface area contributed by atoms with Gasteiger partial charge in [0, 0.05) is 8.04 Å². The van der Waals surface area contributed by atoms with Crippen LogP contribution in [0.4, 0.5) is 0 Å². The molecule has 0 N–H and O–H groups in total. The van der Waals surface area contributed by atoms with Crippen molar-refractivity contribution in [1.82, 2.24) is 9.55 Å². The second-order valence-electron chi connectivity index (χ2n) is 4.47. The summed E-state index contributed by atoms with van der Waals surface area (Å²) in [6.07, 6.45) is 1.61. The first-order valence-electron chi connectivity index (χ1n) is 6.02. The van der Waals surface area contributed by atoms with Crippen molar-refractivity contribution in [2.75, 3.05) is 0 Å². The first-order valence-corrected chi connectivity index (χ1v) is 7.90. The lowest BCUT2D eigenvalue weighted by atomic mass is 10.2. The molecule has 3 nitrogen and oxygen atoms in total. The van der Waals surface area contributed by atoms with Gasteiger partial charge in [-0.2, -0.15) is 0 Å². The van der Waals surface area contributed by atoms with Crippen LogP contribution in [0.2, 0.25) is 0 Å². The van der Waals surface area contributed by atoms with Crippen molar-refractivity contribution in [2.45, 2.75) is 6.54 Å². The van der Waals surface area contributed by atoms with Gasteiger partial charge in [0.05, 0.1) is 23.8 Å². The number of fused-ring (bicyclic) bond motifs is 1. The number of hydrogen-bond acceptors (Lipinski definition) is 2. The lowest BCUT2D eigenvalue weighted by Crippen LogP contribution is -2.21. The summed E-state index contributed by atoms with van der Waals surface area (Å²) >= 11 is 5.64. The quantitative estimate of drug-likeness (QED) is 0.568. The molecule has 0 saturated carbocycles. The molecule has 1 heterocycles. The van der Waals surface area contributed by atoms with Crippen molar-refractivity contribution in [1.29, 1.82) is 0 Å². The Bertz CT molecular complexity index is 845. The van der Waals surface area contributed by atoms with Crippen molar-refractivity contribution in [3.05, 3.63) is 72.8 Å². The molecule has 0 spiro atoms. The Morgan fingerprint density at radius 1 is 1.20 bits per heavy atom. The zero-order chi connectivity index (χ0) is 14.1. The van der Waals surface area contributed by atoms with E-state index in [2.05, 4.69) is 43.5 Å². The maximum atomic E-state index is 12.5. The first-order chi connectivity index (χ1) is 9.63. The Morgan fingerprint density at radius 3 is 2.85 bits per heavy atom. The number of benzene rings is 2. The lowest BCUT2D eigenvalue weighted by molar-refractivity contribution is 0.748. The van der Waals surface area contributed by atoms with Crippen LogP contribution in [0.5, 0.6) is 0 Å². The molecule has 0 radical (unpaired) electrons. The van der Waals surface area contributed by atoms with Crippen LogP contribution in [0.1, 0.15) is 5.56 Å². The normalized spacial score (nSPS) is 10.9. The predicted molar refractivity (Wildman–Crippen MR) is 92.0 cm³/mol. The maximum Gasteiger partial charge on any atom is 0.261 e. The zero-order valence-corrected chi connectivity index (χ0v) is 14.1. The summed E-state index contributed by atoms with van der Waals surface area (Å²) in [7, 11) is 0. The van der Waals surface area contributed by atoms with E-state index in [9.17, 15) is 4.79 Å². The van der Waals surface area contributed by atoms with E-state index in [-0.39, 0.29) is 5.56 Å². The molecule has 3 rings (SSSR count). The summed E-state index contributed by atoms with van der Waals surface area (Å²) in [5.41, 5.74) is 1.79. The molecule has 0 saturated heterocycles. The fourth-order valence-corrected chi connectivity index (χ4v) is 3.01. The molecule has 0 aliphatic rings. The summed E-state index contributed by atoms with van der Waals surface area (Å²) in [4.78, 5) is 16.8. The smallest absolute Gasteiger partial charge is 0.261 e. The Morgan fingerprint density at radius 2 is 2.05 bits per heavy atom. The fraction of sp³-hybridized carbons (Fsp3) is 0.0667. The minimum Gasteiger partial charge on any atom is -0.294 e. The molecule has 100 valence electrons. The largest absolute Gasteiger partial charge is 0.294 e. The first kappa shape index (κ1) is 13.8. The van der Waals surface area contributed by atoms with Crippen LogP contribution in [0, 0.1) is 3.57 Å². The van der Waals surface area contributed by atoms with Gasteiger partial charge in [-0.15, -0.1) is 0 Å². The predicted octanol–water partition coefficient (Wildman–Crippen LogP) is 3.81. The van der Waals surface area contributed by atoms with Crippen LogP contribution in [0.3, 0.4) is 0 Å². The van der Waals surface area contributed by atoms with Crippen LogP contribution in [-0.4, -0.2) is 9.55 Å². The Labute approximate surface area is 137 Å². The van der Waals surface area contributed by atoms with Gasteiger partial charge in [0.1, 0.15) is 0 Å². The summed E-state index contributed by atoms with van der Waals surface area (Å²) in [6.45, 7) is 0.521. The molecule has 0 aliphatic carbocycles. The van der Waals surface area contributed by atoms with E-state index in [1.807, 2.05) is 42.5 Å². The van der Waals surface area contributed by atoms with Gasteiger partial charge in [-0.1, -0.05) is 28.1 Å². The average Bonchev–Trinajstić information content (AvgIpc) is 2.43. The highest BCUT2D eigenvalue weighted by molar-refractivity contribution is 14.1. The molecule has 0 unspecified atom stereocenters. The molecular weight excluding hydrogens is 431 g/mol. The Hall–Kier alpha value is -1.21. The van der Waals surface area contributed by atoms with Crippen molar-refractivity contribution in [2.24, 2.45) is 0 Å². The summed E-state index contributed by atoms with van der Waals surface area (Å²) in [5.74, 6) is 0. The van der Waals surface area contributed by atoms with Crippen molar-refractivity contribution >= 4 is 49.4 Å². The van der Waals surface area contributed by atoms with E-state index in [1.54, 1.807) is 10.9 Å². The molecule has 0 bridgehead atoms. The number of rotatable bonds is 2. The van der Waals surface area contributed by atoms with E-state index in [0.29, 0.717) is 11.9 Å². The maximum absolute atomic E-state index is 12.5. The molecule has 0 atom stereocenters. The summed E-state index contributed by atoms with van der Waals surface area (Å²) in [6, 6.07) is 13.6. The van der Waals surface area contributed by atoms with Crippen molar-refractivity contribution in [3.8, 4) is 0 Å². The van der Waals surface area contributed by atoms with Gasteiger partial charge in [0.25, 0.3) is 5.56 Å².